The minimum atomic E-state index is -0.111. The summed E-state index contributed by atoms with van der Waals surface area (Å²) in [5.74, 6) is -0.0993. The zero-order chi connectivity index (χ0) is 12.1. The van der Waals surface area contributed by atoms with Gasteiger partial charge < -0.3 is 4.90 Å². The van der Waals surface area contributed by atoms with Crippen molar-refractivity contribution in [2.24, 2.45) is 0 Å². The first kappa shape index (κ1) is 12.9. The number of halogens is 1. The Labute approximate surface area is 101 Å². The van der Waals surface area contributed by atoms with Crippen molar-refractivity contribution in [2.75, 3.05) is 5.88 Å². The predicted octanol–water partition coefficient (Wildman–Crippen LogP) is 2.01. The lowest BCUT2D eigenvalue weighted by atomic mass is 10.1. The summed E-state index contributed by atoms with van der Waals surface area (Å²) < 4.78 is 0. The number of alkyl halides is 1. The Morgan fingerprint density at radius 1 is 1.44 bits per heavy atom. The van der Waals surface area contributed by atoms with E-state index in [0.29, 0.717) is 0 Å². The van der Waals surface area contributed by atoms with Gasteiger partial charge in [0.15, 0.2) is 0 Å². The van der Waals surface area contributed by atoms with Gasteiger partial charge in [-0.15, -0.1) is 11.6 Å². The summed E-state index contributed by atoms with van der Waals surface area (Å²) in [6, 6.07) is -0.0248. The summed E-state index contributed by atoms with van der Waals surface area (Å²) in [6.45, 7) is 5.84. The van der Waals surface area contributed by atoms with Crippen molar-refractivity contribution in [2.45, 2.75) is 32.9 Å². The molecule has 0 fully saturated rings. The Bertz CT molecular complexity index is 342. The molecule has 0 aromatic carbocycles. The molecule has 0 unspecified atom stereocenters. The molecule has 0 bridgehead atoms. The van der Waals surface area contributed by atoms with Crippen LogP contribution < -0.4 is 0 Å². The molecule has 1 aromatic heterocycles. The first-order chi connectivity index (χ1) is 7.57. The van der Waals surface area contributed by atoms with E-state index in [-0.39, 0.29) is 23.9 Å². The topological polar surface area (TPSA) is 46.1 Å². The van der Waals surface area contributed by atoms with Gasteiger partial charge in [-0.2, -0.15) is 0 Å². The molecule has 0 N–H and O–H groups in total. The van der Waals surface area contributed by atoms with Crippen LogP contribution in [0.3, 0.4) is 0 Å². The summed E-state index contributed by atoms with van der Waals surface area (Å²) >= 11 is 5.60. The Hall–Kier alpha value is -1.16. The van der Waals surface area contributed by atoms with Gasteiger partial charge >= 0.3 is 0 Å². The Morgan fingerprint density at radius 2 is 2.12 bits per heavy atom. The van der Waals surface area contributed by atoms with Gasteiger partial charge in [0.2, 0.25) is 5.91 Å². The van der Waals surface area contributed by atoms with E-state index in [1.165, 1.54) is 0 Å². The highest BCUT2D eigenvalue weighted by Crippen LogP contribution is 2.20. The lowest BCUT2D eigenvalue weighted by Crippen LogP contribution is -2.40. The van der Waals surface area contributed by atoms with Crippen LogP contribution in [0.15, 0.2) is 18.6 Å². The molecular formula is C11H16ClN3O. The Kier molecular flexibility index (Phi) is 4.68. The molecule has 0 aliphatic carbocycles. The summed E-state index contributed by atoms with van der Waals surface area (Å²) in [4.78, 5) is 21.6. The third kappa shape index (κ3) is 2.92. The summed E-state index contributed by atoms with van der Waals surface area (Å²) in [5, 5.41) is 0. The van der Waals surface area contributed by atoms with Crippen LogP contribution in [-0.4, -0.2) is 32.7 Å². The molecule has 16 heavy (non-hydrogen) atoms. The van der Waals surface area contributed by atoms with Crippen LogP contribution in [-0.2, 0) is 4.79 Å². The molecular weight excluding hydrogens is 226 g/mol. The lowest BCUT2D eigenvalue weighted by molar-refractivity contribution is -0.132. The molecule has 0 aliphatic heterocycles. The van der Waals surface area contributed by atoms with Crippen molar-refractivity contribution in [1.29, 1.82) is 0 Å². The number of nitrogens with zero attached hydrogens (tertiary/aromatic N) is 3. The van der Waals surface area contributed by atoms with E-state index in [0.717, 1.165) is 5.69 Å². The van der Waals surface area contributed by atoms with E-state index in [1.54, 1.807) is 23.5 Å². The smallest absolute Gasteiger partial charge is 0.238 e. The van der Waals surface area contributed by atoms with E-state index < -0.39 is 0 Å². The van der Waals surface area contributed by atoms with Gasteiger partial charge in [-0.1, -0.05) is 0 Å². The normalized spacial score (nSPS) is 12.6. The largest absolute Gasteiger partial charge is 0.331 e. The zero-order valence-corrected chi connectivity index (χ0v) is 10.5. The van der Waals surface area contributed by atoms with Gasteiger partial charge in [0, 0.05) is 18.4 Å². The molecule has 0 saturated carbocycles. The second kappa shape index (κ2) is 5.80. The van der Waals surface area contributed by atoms with Crippen LogP contribution >= 0.6 is 11.6 Å². The quantitative estimate of drug-likeness (QED) is 0.758. The average molecular weight is 242 g/mol. The molecule has 0 radical (unpaired) electrons. The highest BCUT2D eigenvalue weighted by atomic mass is 35.5. The van der Waals surface area contributed by atoms with E-state index in [1.807, 2.05) is 20.8 Å². The maximum Gasteiger partial charge on any atom is 0.238 e. The number of amides is 1. The van der Waals surface area contributed by atoms with Gasteiger partial charge in [-0.05, 0) is 20.8 Å². The highest BCUT2D eigenvalue weighted by molar-refractivity contribution is 6.27. The van der Waals surface area contributed by atoms with Crippen LogP contribution in [0.5, 0.6) is 0 Å². The minimum absolute atomic E-state index is 0.0111. The summed E-state index contributed by atoms with van der Waals surface area (Å²) in [5.41, 5.74) is 0.773. The Morgan fingerprint density at radius 3 is 2.56 bits per heavy atom. The fourth-order valence-electron chi connectivity index (χ4n) is 1.69. The number of hydrogen-bond acceptors (Lipinski definition) is 3. The maximum absolute atomic E-state index is 11.7. The SMILES string of the molecule is CC(C)N(C(=O)CCl)[C@H](C)c1cnccn1. The average Bonchev–Trinajstić information content (AvgIpc) is 2.29. The molecule has 1 atom stereocenters. The summed E-state index contributed by atoms with van der Waals surface area (Å²) in [6.07, 6.45) is 4.90. The molecule has 1 amide bonds. The fraction of sp³-hybridized carbons (Fsp3) is 0.545. The van der Waals surface area contributed by atoms with E-state index in [9.17, 15) is 4.79 Å². The van der Waals surface area contributed by atoms with Gasteiger partial charge in [0.05, 0.1) is 17.9 Å². The first-order valence-corrected chi connectivity index (χ1v) is 5.74. The molecule has 88 valence electrons. The minimum Gasteiger partial charge on any atom is -0.331 e. The van der Waals surface area contributed by atoms with E-state index in [4.69, 9.17) is 11.6 Å². The number of hydrogen-bond donors (Lipinski definition) is 0. The van der Waals surface area contributed by atoms with Gasteiger partial charge in [0.25, 0.3) is 0 Å². The van der Waals surface area contributed by atoms with Crippen molar-refractivity contribution in [1.82, 2.24) is 14.9 Å². The number of aromatic nitrogens is 2. The zero-order valence-electron chi connectivity index (χ0n) is 9.72. The predicted molar refractivity (Wildman–Crippen MR) is 63.1 cm³/mol. The van der Waals surface area contributed by atoms with Crippen molar-refractivity contribution in [3.8, 4) is 0 Å². The molecule has 1 heterocycles. The van der Waals surface area contributed by atoms with Gasteiger partial charge in [0.1, 0.15) is 5.88 Å². The van der Waals surface area contributed by atoms with Gasteiger partial charge in [-0.3, -0.25) is 14.8 Å². The third-order valence-electron chi connectivity index (χ3n) is 2.39. The van der Waals surface area contributed by atoms with E-state index in [2.05, 4.69) is 9.97 Å². The fourth-order valence-corrected chi connectivity index (χ4v) is 1.83. The third-order valence-corrected chi connectivity index (χ3v) is 2.62. The van der Waals surface area contributed by atoms with Crippen molar-refractivity contribution >= 4 is 17.5 Å². The molecule has 4 nitrogen and oxygen atoms in total. The Balaban J connectivity index is 2.92. The van der Waals surface area contributed by atoms with Crippen molar-refractivity contribution < 1.29 is 4.79 Å². The first-order valence-electron chi connectivity index (χ1n) is 5.21. The van der Waals surface area contributed by atoms with Crippen LogP contribution in [0.1, 0.15) is 32.5 Å². The highest BCUT2D eigenvalue weighted by Gasteiger charge is 2.24. The maximum atomic E-state index is 11.7. The summed E-state index contributed by atoms with van der Waals surface area (Å²) in [7, 11) is 0. The molecule has 0 saturated heterocycles. The molecule has 5 heteroatoms. The second-order valence-corrected chi connectivity index (χ2v) is 4.10. The van der Waals surface area contributed by atoms with Crippen LogP contribution in [0.2, 0.25) is 0 Å². The van der Waals surface area contributed by atoms with Crippen LogP contribution in [0.4, 0.5) is 0 Å². The van der Waals surface area contributed by atoms with Crippen LogP contribution in [0, 0.1) is 0 Å². The number of carbonyl (C=O) groups is 1. The number of carbonyl (C=O) groups excluding carboxylic acids is 1. The van der Waals surface area contributed by atoms with E-state index >= 15 is 0 Å². The molecule has 0 spiro atoms. The van der Waals surface area contributed by atoms with Gasteiger partial charge in [-0.25, -0.2) is 0 Å². The molecule has 1 aromatic rings. The lowest BCUT2D eigenvalue weighted by Gasteiger charge is -2.31. The number of rotatable bonds is 4. The second-order valence-electron chi connectivity index (χ2n) is 3.83. The van der Waals surface area contributed by atoms with Crippen LogP contribution in [0.25, 0.3) is 0 Å². The van der Waals surface area contributed by atoms with Crippen molar-refractivity contribution in [3.63, 3.8) is 0 Å². The molecule has 0 aliphatic rings. The molecule has 1 rings (SSSR count). The standard InChI is InChI=1S/C11H16ClN3O/c1-8(2)15(11(16)6-12)9(3)10-7-13-4-5-14-10/h4-5,7-9H,6H2,1-3H3/t9-/m1/s1. The van der Waals surface area contributed by atoms with Crippen molar-refractivity contribution in [3.05, 3.63) is 24.3 Å². The monoisotopic (exact) mass is 241 g/mol.